The standard InChI is InChI=1S/C13H27NO/c1-10(12(2,3)4)8-9-14-11(15)13(5,6)7/h10H,8-9H2,1-7H3,(H,14,15). The number of hydrogen-bond donors (Lipinski definition) is 1. The monoisotopic (exact) mass is 213 g/mol. The van der Waals surface area contributed by atoms with Crippen molar-refractivity contribution in [2.24, 2.45) is 16.7 Å². The predicted molar refractivity (Wildman–Crippen MR) is 65.7 cm³/mol. The quantitative estimate of drug-likeness (QED) is 0.766. The summed E-state index contributed by atoms with van der Waals surface area (Å²) >= 11 is 0. The third-order valence-electron chi connectivity index (χ3n) is 3.02. The number of rotatable bonds is 3. The Morgan fingerprint density at radius 3 is 1.93 bits per heavy atom. The summed E-state index contributed by atoms with van der Waals surface area (Å²) in [6, 6.07) is 0. The summed E-state index contributed by atoms with van der Waals surface area (Å²) in [5.74, 6) is 0.765. The molecule has 0 fully saturated rings. The zero-order valence-corrected chi connectivity index (χ0v) is 11.4. The lowest BCUT2D eigenvalue weighted by Crippen LogP contribution is -2.36. The summed E-state index contributed by atoms with van der Waals surface area (Å²) in [5, 5.41) is 2.99. The molecule has 2 nitrogen and oxygen atoms in total. The zero-order valence-electron chi connectivity index (χ0n) is 11.4. The Labute approximate surface area is 94.8 Å². The van der Waals surface area contributed by atoms with Crippen LogP contribution in [-0.2, 0) is 4.79 Å². The number of amides is 1. The molecular formula is C13H27NO. The molecule has 0 radical (unpaired) electrons. The van der Waals surface area contributed by atoms with Crippen LogP contribution in [0.2, 0.25) is 0 Å². The van der Waals surface area contributed by atoms with Crippen LogP contribution in [0.4, 0.5) is 0 Å². The van der Waals surface area contributed by atoms with Gasteiger partial charge in [0.15, 0.2) is 0 Å². The summed E-state index contributed by atoms with van der Waals surface area (Å²) < 4.78 is 0. The van der Waals surface area contributed by atoms with Crippen molar-refractivity contribution in [1.82, 2.24) is 5.32 Å². The second kappa shape index (κ2) is 5.00. The van der Waals surface area contributed by atoms with E-state index in [-0.39, 0.29) is 11.3 Å². The van der Waals surface area contributed by atoms with E-state index >= 15 is 0 Å². The van der Waals surface area contributed by atoms with Crippen molar-refractivity contribution in [3.05, 3.63) is 0 Å². The molecule has 0 bridgehead atoms. The first-order valence-corrected chi connectivity index (χ1v) is 5.83. The van der Waals surface area contributed by atoms with Crippen LogP contribution in [0.3, 0.4) is 0 Å². The Balaban J connectivity index is 3.87. The normalized spacial score (nSPS) is 14.9. The van der Waals surface area contributed by atoms with Crippen molar-refractivity contribution in [3.63, 3.8) is 0 Å². The second-order valence-corrected chi connectivity index (χ2v) is 6.56. The summed E-state index contributed by atoms with van der Waals surface area (Å²) in [6.07, 6.45) is 1.05. The Bertz CT molecular complexity index is 208. The van der Waals surface area contributed by atoms with E-state index in [1.165, 1.54) is 0 Å². The van der Waals surface area contributed by atoms with Gasteiger partial charge in [-0.15, -0.1) is 0 Å². The molecule has 0 aromatic carbocycles. The van der Waals surface area contributed by atoms with E-state index in [0.29, 0.717) is 11.3 Å². The van der Waals surface area contributed by atoms with E-state index in [2.05, 4.69) is 33.0 Å². The van der Waals surface area contributed by atoms with Gasteiger partial charge in [-0.1, -0.05) is 48.5 Å². The van der Waals surface area contributed by atoms with Crippen LogP contribution in [0.25, 0.3) is 0 Å². The van der Waals surface area contributed by atoms with Gasteiger partial charge in [-0.05, 0) is 17.8 Å². The van der Waals surface area contributed by atoms with Gasteiger partial charge in [-0.3, -0.25) is 4.79 Å². The third-order valence-corrected chi connectivity index (χ3v) is 3.02. The van der Waals surface area contributed by atoms with Crippen molar-refractivity contribution in [2.45, 2.75) is 54.9 Å². The maximum Gasteiger partial charge on any atom is 0.225 e. The molecule has 0 spiro atoms. The molecule has 1 N–H and O–H groups in total. The first-order chi connectivity index (χ1) is 6.55. The molecule has 0 heterocycles. The molecule has 0 aliphatic rings. The highest BCUT2D eigenvalue weighted by Gasteiger charge is 2.22. The predicted octanol–water partition coefficient (Wildman–Crippen LogP) is 3.22. The summed E-state index contributed by atoms with van der Waals surface area (Å²) in [4.78, 5) is 11.6. The van der Waals surface area contributed by atoms with Crippen molar-refractivity contribution in [3.8, 4) is 0 Å². The van der Waals surface area contributed by atoms with Crippen LogP contribution in [0.1, 0.15) is 54.9 Å². The van der Waals surface area contributed by atoms with Gasteiger partial charge in [-0.2, -0.15) is 0 Å². The SMILES string of the molecule is CC(CCNC(=O)C(C)(C)C)C(C)(C)C. The fourth-order valence-corrected chi connectivity index (χ4v) is 1.10. The topological polar surface area (TPSA) is 29.1 Å². The number of hydrogen-bond acceptors (Lipinski definition) is 1. The minimum Gasteiger partial charge on any atom is -0.356 e. The second-order valence-electron chi connectivity index (χ2n) is 6.56. The number of carbonyl (C=O) groups is 1. The molecule has 0 aliphatic carbocycles. The van der Waals surface area contributed by atoms with E-state index in [4.69, 9.17) is 0 Å². The molecular weight excluding hydrogens is 186 g/mol. The van der Waals surface area contributed by atoms with Crippen molar-refractivity contribution < 1.29 is 4.79 Å². The van der Waals surface area contributed by atoms with Crippen molar-refractivity contribution in [2.75, 3.05) is 6.54 Å². The molecule has 0 rings (SSSR count). The fourth-order valence-electron chi connectivity index (χ4n) is 1.10. The summed E-state index contributed by atoms with van der Waals surface area (Å²) in [6.45, 7) is 15.6. The maximum absolute atomic E-state index is 11.6. The highest BCUT2D eigenvalue weighted by molar-refractivity contribution is 5.81. The van der Waals surface area contributed by atoms with Crippen molar-refractivity contribution >= 4 is 5.91 Å². The lowest BCUT2D eigenvalue weighted by atomic mass is 9.80. The van der Waals surface area contributed by atoms with Gasteiger partial charge in [0.2, 0.25) is 5.91 Å². The summed E-state index contributed by atoms with van der Waals surface area (Å²) in [7, 11) is 0. The Morgan fingerprint density at radius 2 is 1.60 bits per heavy atom. The number of nitrogens with one attached hydrogen (secondary N) is 1. The van der Waals surface area contributed by atoms with E-state index in [1.54, 1.807) is 0 Å². The van der Waals surface area contributed by atoms with Crippen LogP contribution < -0.4 is 5.32 Å². The molecule has 0 aromatic rings. The molecule has 15 heavy (non-hydrogen) atoms. The van der Waals surface area contributed by atoms with Gasteiger partial charge in [0.1, 0.15) is 0 Å². The van der Waals surface area contributed by atoms with Crippen LogP contribution >= 0.6 is 0 Å². The van der Waals surface area contributed by atoms with Crippen LogP contribution in [0.15, 0.2) is 0 Å². The largest absolute Gasteiger partial charge is 0.356 e. The Morgan fingerprint density at radius 1 is 1.13 bits per heavy atom. The van der Waals surface area contributed by atoms with Crippen LogP contribution in [-0.4, -0.2) is 12.5 Å². The molecule has 0 aliphatic heterocycles. The van der Waals surface area contributed by atoms with Crippen molar-refractivity contribution in [1.29, 1.82) is 0 Å². The van der Waals surface area contributed by atoms with Gasteiger partial charge in [0, 0.05) is 12.0 Å². The summed E-state index contributed by atoms with van der Waals surface area (Å²) in [5.41, 5.74) is 0.0530. The average molecular weight is 213 g/mol. The minimum absolute atomic E-state index is 0.142. The van der Waals surface area contributed by atoms with Gasteiger partial charge in [-0.25, -0.2) is 0 Å². The molecule has 1 unspecified atom stereocenters. The lowest BCUT2D eigenvalue weighted by molar-refractivity contribution is -0.128. The smallest absolute Gasteiger partial charge is 0.225 e. The highest BCUT2D eigenvalue weighted by Crippen LogP contribution is 2.27. The molecule has 0 saturated heterocycles. The Kier molecular flexibility index (Phi) is 4.82. The zero-order chi connectivity index (χ0) is 12.3. The fraction of sp³-hybridized carbons (Fsp3) is 0.923. The molecule has 2 heteroatoms. The van der Waals surface area contributed by atoms with E-state index in [0.717, 1.165) is 13.0 Å². The molecule has 0 aromatic heterocycles. The van der Waals surface area contributed by atoms with Gasteiger partial charge < -0.3 is 5.32 Å². The first kappa shape index (κ1) is 14.5. The molecule has 1 atom stereocenters. The van der Waals surface area contributed by atoms with Crippen LogP contribution in [0, 0.1) is 16.7 Å². The van der Waals surface area contributed by atoms with E-state index in [1.807, 2.05) is 20.8 Å². The minimum atomic E-state index is -0.273. The van der Waals surface area contributed by atoms with Gasteiger partial charge in [0.05, 0.1) is 0 Å². The molecule has 90 valence electrons. The number of carbonyl (C=O) groups excluding carboxylic acids is 1. The van der Waals surface area contributed by atoms with E-state index < -0.39 is 0 Å². The van der Waals surface area contributed by atoms with E-state index in [9.17, 15) is 4.79 Å². The maximum atomic E-state index is 11.6. The molecule has 0 saturated carbocycles. The lowest BCUT2D eigenvalue weighted by Gasteiger charge is -2.27. The van der Waals surface area contributed by atoms with Gasteiger partial charge in [0.25, 0.3) is 0 Å². The average Bonchev–Trinajstić information content (AvgIpc) is 2.00. The third kappa shape index (κ3) is 5.81. The highest BCUT2D eigenvalue weighted by atomic mass is 16.2. The van der Waals surface area contributed by atoms with Gasteiger partial charge >= 0.3 is 0 Å². The van der Waals surface area contributed by atoms with Crippen LogP contribution in [0.5, 0.6) is 0 Å². The first-order valence-electron chi connectivity index (χ1n) is 5.83. The molecule has 1 amide bonds. The Hall–Kier alpha value is -0.530.